The summed E-state index contributed by atoms with van der Waals surface area (Å²) in [4.78, 5) is 0. The minimum absolute atomic E-state index is 0.700. The molecule has 146 valence electrons. The third kappa shape index (κ3) is 7.43. The molecule has 0 radical (unpaired) electrons. The zero-order valence-electron chi connectivity index (χ0n) is 16.9. The Bertz CT molecular complexity index is 320. The number of allylic oxidation sites excluding steroid dienone is 2. The second-order valence-corrected chi connectivity index (χ2v) is 8.25. The van der Waals surface area contributed by atoms with Gasteiger partial charge in [-0.1, -0.05) is 77.4 Å². The molecule has 2 nitrogen and oxygen atoms in total. The second-order valence-electron chi connectivity index (χ2n) is 8.25. The molecule has 4 atom stereocenters. The van der Waals surface area contributed by atoms with Crippen LogP contribution >= 0.6 is 0 Å². The Kier molecular flexibility index (Phi) is 10.8. The van der Waals surface area contributed by atoms with Crippen molar-refractivity contribution in [2.24, 2.45) is 23.7 Å². The van der Waals surface area contributed by atoms with Crippen LogP contribution in [0.15, 0.2) is 12.2 Å². The van der Waals surface area contributed by atoms with E-state index in [-0.39, 0.29) is 0 Å². The highest BCUT2D eigenvalue weighted by atomic mass is 16.5. The van der Waals surface area contributed by atoms with Gasteiger partial charge in [0.05, 0.1) is 13.2 Å². The van der Waals surface area contributed by atoms with Crippen LogP contribution in [0.5, 0.6) is 0 Å². The van der Waals surface area contributed by atoms with Crippen LogP contribution in [-0.2, 0) is 9.47 Å². The van der Waals surface area contributed by atoms with Gasteiger partial charge in [0, 0.05) is 13.2 Å². The van der Waals surface area contributed by atoms with Gasteiger partial charge in [-0.3, -0.25) is 0 Å². The van der Waals surface area contributed by atoms with E-state index in [1.807, 2.05) is 0 Å². The number of ether oxygens (including phenoxy) is 2. The minimum Gasteiger partial charge on any atom is -0.381 e. The van der Waals surface area contributed by atoms with Gasteiger partial charge in [0.25, 0.3) is 0 Å². The molecule has 0 spiro atoms. The first-order chi connectivity index (χ1) is 12.4. The molecule has 0 N–H and O–H groups in total. The van der Waals surface area contributed by atoms with Crippen molar-refractivity contribution in [2.45, 2.75) is 84.5 Å². The molecule has 2 rings (SSSR count). The lowest BCUT2D eigenvalue weighted by atomic mass is 9.84. The normalized spacial score (nSPS) is 27.4. The van der Waals surface area contributed by atoms with Crippen molar-refractivity contribution < 1.29 is 9.47 Å². The molecule has 0 aliphatic heterocycles. The third-order valence-electron chi connectivity index (χ3n) is 6.20. The Morgan fingerprint density at radius 2 is 1.08 bits per heavy atom. The van der Waals surface area contributed by atoms with Crippen molar-refractivity contribution in [1.82, 2.24) is 0 Å². The van der Waals surface area contributed by atoms with E-state index in [0.29, 0.717) is 11.8 Å². The molecular weight excluding hydrogens is 308 g/mol. The summed E-state index contributed by atoms with van der Waals surface area (Å²) in [6.07, 6.45) is 19.5. The highest BCUT2D eigenvalue weighted by Gasteiger charge is 2.44. The highest BCUT2D eigenvalue weighted by Crippen LogP contribution is 2.48. The summed E-state index contributed by atoms with van der Waals surface area (Å²) in [5.41, 5.74) is 0. The van der Waals surface area contributed by atoms with Crippen molar-refractivity contribution in [1.29, 1.82) is 0 Å². The summed E-state index contributed by atoms with van der Waals surface area (Å²) in [7, 11) is 0. The molecule has 0 amide bonds. The van der Waals surface area contributed by atoms with Gasteiger partial charge >= 0.3 is 0 Å². The molecule has 0 saturated heterocycles. The van der Waals surface area contributed by atoms with E-state index in [0.717, 1.165) is 38.3 Å². The molecule has 1 saturated carbocycles. The summed E-state index contributed by atoms with van der Waals surface area (Å²) in [5.74, 6) is 2.91. The first-order valence-corrected chi connectivity index (χ1v) is 11.2. The minimum atomic E-state index is 0.700. The fourth-order valence-corrected chi connectivity index (χ4v) is 4.58. The molecule has 2 aliphatic rings. The smallest absolute Gasteiger partial charge is 0.0503 e. The zero-order chi connectivity index (χ0) is 17.7. The van der Waals surface area contributed by atoms with Gasteiger partial charge in [-0.2, -0.15) is 0 Å². The fourth-order valence-electron chi connectivity index (χ4n) is 4.58. The van der Waals surface area contributed by atoms with Gasteiger partial charge in [-0.05, 0) is 42.9 Å². The molecule has 1 fully saturated rings. The molecule has 4 unspecified atom stereocenters. The van der Waals surface area contributed by atoms with Crippen LogP contribution in [0, 0.1) is 23.7 Å². The van der Waals surface area contributed by atoms with Gasteiger partial charge in [-0.25, -0.2) is 0 Å². The standard InChI is InChI=1S/C23H42O2/c1-3-5-7-9-11-15-24-18-22-20-13-14-21(17-20)23(22)19-25-16-12-10-8-6-4-2/h13-14,20-23H,3-12,15-19H2,1-2H3. The maximum atomic E-state index is 6.06. The predicted molar refractivity (Wildman–Crippen MR) is 107 cm³/mol. The molecule has 0 heterocycles. The average Bonchev–Trinajstić information content (AvgIpc) is 3.22. The van der Waals surface area contributed by atoms with Gasteiger partial charge in [0.2, 0.25) is 0 Å². The number of rotatable bonds is 16. The zero-order valence-corrected chi connectivity index (χ0v) is 16.9. The Morgan fingerprint density at radius 3 is 1.52 bits per heavy atom. The van der Waals surface area contributed by atoms with Crippen LogP contribution in [0.1, 0.15) is 84.5 Å². The van der Waals surface area contributed by atoms with Gasteiger partial charge in [0.1, 0.15) is 0 Å². The Morgan fingerprint density at radius 1 is 0.640 bits per heavy atom. The van der Waals surface area contributed by atoms with E-state index in [9.17, 15) is 0 Å². The van der Waals surface area contributed by atoms with Crippen molar-refractivity contribution in [3.63, 3.8) is 0 Å². The largest absolute Gasteiger partial charge is 0.381 e. The maximum absolute atomic E-state index is 6.06. The van der Waals surface area contributed by atoms with Gasteiger partial charge in [0.15, 0.2) is 0 Å². The van der Waals surface area contributed by atoms with Crippen molar-refractivity contribution in [3.05, 3.63) is 12.2 Å². The number of hydrogen-bond donors (Lipinski definition) is 0. The Balaban J connectivity index is 1.56. The average molecular weight is 351 g/mol. The summed E-state index contributed by atoms with van der Waals surface area (Å²) < 4.78 is 12.1. The van der Waals surface area contributed by atoms with E-state index in [1.54, 1.807) is 0 Å². The molecule has 2 heteroatoms. The van der Waals surface area contributed by atoms with Crippen LogP contribution in [-0.4, -0.2) is 26.4 Å². The lowest BCUT2D eigenvalue weighted by Crippen LogP contribution is -2.28. The topological polar surface area (TPSA) is 18.5 Å². The summed E-state index contributed by atoms with van der Waals surface area (Å²) in [5, 5.41) is 0. The van der Waals surface area contributed by atoms with E-state index >= 15 is 0 Å². The van der Waals surface area contributed by atoms with Crippen molar-refractivity contribution >= 4 is 0 Å². The molecule has 0 aromatic rings. The van der Waals surface area contributed by atoms with Crippen LogP contribution < -0.4 is 0 Å². The first kappa shape index (κ1) is 21.0. The van der Waals surface area contributed by atoms with Crippen molar-refractivity contribution in [3.8, 4) is 0 Å². The van der Waals surface area contributed by atoms with Crippen LogP contribution in [0.3, 0.4) is 0 Å². The van der Waals surface area contributed by atoms with Crippen molar-refractivity contribution in [2.75, 3.05) is 26.4 Å². The molecule has 2 bridgehead atoms. The van der Waals surface area contributed by atoms with E-state index in [1.165, 1.54) is 70.6 Å². The Labute approximate surface area is 156 Å². The SMILES string of the molecule is CCCCCCCOCC1C2C=CC(C2)C1COCCCCCCC. The lowest BCUT2D eigenvalue weighted by molar-refractivity contribution is 0.0260. The third-order valence-corrected chi connectivity index (χ3v) is 6.20. The van der Waals surface area contributed by atoms with Crippen LogP contribution in [0.25, 0.3) is 0 Å². The van der Waals surface area contributed by atoms with E-state index in [2.05, 4.69) is 26.0 Å². The molecule has 0 aromatic carbocycles. The first-order valence-electron chi connectivity index (χ1n) is 11.2. The lowest BCUT2D eigenvalue weighted by Gasteiger charge is -2.28. The molecule has 25 heavy (non-hydrogen) atoms. The van der Waals surface area contributed by atoms with Gasteiger partial charge < -0.3 is 9.47 Å². The molecule has 2 aliphatic carbocycles. The molecule has 0 aromatic heterocycles. The molecular formula is C23H42O2. The summed E-state index contributed by atoms with van der Waals surface area (Å²) in [6, 6.07) is 0. The maximum Gasteiger partial charge on any atom is 0.0503 e. The van der Waals surface area contributed by atoms with Gasteiger partial charge in [-0.15, -0.1) is 0 Å². The van der Waals surface area contributed by atoms with E-state index in [4.69, 9.17) is 9.47 Å². The number of unbranched alkanes of at least 4 members (excludes halogenated alkanes) is 8. The predicted octanol–water partition coefficient (Wildman–Crippen LogP) is 6.40. The number of hydrogen-bond acceptors (Lipinski definition) is 2. The quantitative estimate of drug-likeness (QED) is 0.237. The summed E-state index contributed by atoms with van der Waals surface area (Å²) >= 11 is 0. The van der Waals surface area contributed by atoms with E-state index < -0.39 is 0 Å². The monoisotopic (exact) mass is 350 g/mol. The highest BCUT2D eigenvalue weighted by molar-refractivity contribution is 5.13. The Hall–Kier alpha value is -0.340. The van der Waals surface area contributed by atoms with Crippen LogP contribution in [0.2, 0.25) is 0 Å². The number of fused-ring (bicyclic) bond motifs is 2. The fraction of sp³-hybridized carbons (Fsp3) is 0.913. The second kappa shape index (κ2) is 12.9. The summed E-state index contributed by atoms with van der Waals surface area (Å²) in [6.45, 7) is 8.34. The van der Waals surface area contributed by atoms with Crippen LogP contribution in [0.4, 0.5) is 0 Å².